The van der Waals surface area contributed by atoms with Crippen LogP contribution >= 0.6 is 0 Å². The molecule has 6 heteroatoms. The van der Waals surface area contributed by atoms with E-state index in [1.807, 2.05) is 37.3 Å². The van der Waals surface area contributed by atoms with Crippen molar-refractivity contribution in [1.29, 1.82) is 0 Å². The molecule has 3 aromatic rings. The third-order valence-electron chi connectivity index (χ3n) is 4.42. The summed E-state index contributed by atoms with van der Waals surface area (Å²) in [6.45, 7) is 3.54. The average Bonchev–Trinajstić information content (AvgIpc) is 2.63. The number of hydrogen-bond donors (Lipinski definition) is 3. The Morgan fingerprint density at radius 3 is 2.54 bits per heavy atom. The summed E-state index contributed by atoms with van der Waals surface area (Å²) in [4.78, 5) is 24.6. The van der Waals surface area contributed by atoms with Gasteiger partial charge in [0.1, 0.15) is 0 Å². The molecule has 0 unspecified atom stereocenters. The van der Waals surface area contributed by atoms with Crippen LogP contribution in [0.4, 0.5) is 0 Å². The number of fused-ring (bicyclic) bond motifs is 1. The maximum atomic E-state index is 12.4. The summed E-state index contributed by atoms with van der Waals surface area (Å²) in [6.07, 6.45) is -0.136. The molecule has 0 fully saturated rings. The maximum absolute atomic E-state index is 12.4. The van der Waals surface area contributed by atoms with Crippen molar-refractivity contribution in [3.05, 3.63) is 69.6 Å². The number of phenols is 2. The van der Waals surface area contributed by atoms with Gasteiger partial charge in [-0.2, -0.15) is 0 Å². The molecule has 3 N–H and O–H groups in total. The summed E-state index contributed by atoms with van der Waals surface area (Å²) in [7, 11) is 0. The van der Waals surface area contributed by atoms with E-state index in [9.17, 15) is 19.8 Å². The molecule has 26 heavy (non-hydrogen) atoms. The van der Waals surface area contributed by atoms with Gasteiger partial charge in [0.05, 0.1) is 18.0 Å². The van der Waals surface area contributed by atoms with E-state index in [0.717, 1.165) is 5.56 Å². The minimum atomic E-state index is -0.710. The predicted octanol–water partition coefficient (Wildman–Crippen LogP) is 2.93. The Kier molecular flexibility index (Phi) is 4.67. The van der Waals surface area contributed by atoms with Gasteiger partial charge in [-0.1, -0.05) is 30.3 Å². The predicted molar refractivity (Wildman–Crippen MR) is 97.3 cm³/mol. The number of phenolic OH excluding ortho intramolecular Hbond substituents is 2. The summed E-state index contributed by atoms with van der Waals surface area (Å²) in [6, 6.07) is 12.2. The van der Waals surface area contributed by atoms with Crippen LogP contribution < -0.4 is 10.9 Å². The van der Waals surface area contributed by atoms with Crippen LogP contribution in [0.1, 0.15) is 29.7 Å². The van der Waals surface area contributed by atoms with Gasteiger partial charge < -0.3 is 19.9 Å². The quantitative estimate of drug-likeness (QED) is 0.495. The molecule has 1 atom stereocenters. The third-order valence-corrected chi connectivity index (χ3v) is 4.42. The fraction of sp³-hybridized carbons (Fsp3) is 0.200. The Hall–Kier alpha value is -3.28. The zero-order valence-electron chi connectivity index (χ0n) is 14.4. The van der Waals surface area contributed by atoms with Gasteiger partial charge in [0.15, 0.2) is 11.3 Å². The highest BCUT2D eigenvalue weighted by molar-refractivity contribution is 5.89. The molecular weight excluding hydrogens is 334 g/mol. The summed E-state index contributed by atoms with van der Waals surface area (Å²) >= 11 is 0. The first-order chi connectivity index (χ1) is 12.4. The van der Waals surface area contributed by atoms with E-state index in [4.69, 9.17) is 4.42 Å². The summed E-state index contributed by atoms with van der Waals surface area (Å²) in [5, 5.41) is 22.7. The van der Waals surface area contributed by atoms with Crippen molar-refractivity contribution >= 4 is 16.9 Å². The van der Waals surface area contributed by atoms with Crippen LogP contribution in [0.3, 0.4) is 0 Å². The molecule has 1 heterocycles. The van der Waals surface area contributed by atoms with E-state index >= 15 is 0 Å². The van der Waals surface area contributed by atoms with E-state index in [2.05, 4.69) is 5.32 Å². The molecule has 3 rings (SSSR count). The van der Waals surface area contributed by atoms with Gasteiger partial charge in [-0.15, -0.1) is 0 Å². The Morgan fingerprint density at radius 2 is 1.85 bits per heavy atom. The zero-order valence-corrected chi connectivity index (χ0v) is 14.4. The minimum absolute atomic E-state index is 0.0886. The molecule has 0 radical (unpaired) electrons. The fourth-order valence-corrected chi connectivity index (χ4v) is 2.91. The smallest absolute Gasteiger partial charge is 0.340 e. The summed E-state index contributed by atoms with van der Waals surface area (Å²) < 4.78 is 5.13. The van der Waals surface area contributed by atoms with Gasteiger partial charge in [0, 0.05) is 5.39 Å². The number of carbonyl (C=O) groups is 1. The highest BCUT2D eigenvalue weighted by Crippen LogP contribution is 2.34. The Morgan fingerprint density at radius 1 is 1.15 bits per heavy atom. The van der Waals surface area contributed by atoms with Crippen LogP contribution in [0.25, 0.3) is 11.0 Å². The lowest BCUT2D eigenvalue weighted by molar-refractivity contribution is -0.121. The number of aromatic hydroxyl groups is 2. The molecule has 0 bridgehead atoms. The Bertz CT molecular complexity index is 1020. The van der Waals surface area contributed by atoms with Crippen LogP contribution in [0, 0.1) is 6.92 Å². The zero-order chi connectivity index (χ0) is 18.8. The summed E-state index contributed by atoms with van der Waals surface area (Å²) in [5.41, 5.74) is 0.922. The van der Waals surface area contributed by atoms with E-state index < -0.39 is 11.4 Å². The molecule has 0 saturated heterocycles. The van der Waals surface area contributed by atoms with Crippen molar-refractivity contribution in [2.75, 3.05) is 0 Å². The number of nitrogens with one attached hydrogen (secondary N) is 1. The van der Waals surface area contributed by atoms with Crippen LogP contribution in [0.5, 0.6) is 11.5 Å². The van der Waals surface area contributed by atoms with Gasteiger partial charge in [-0.3, -0.25) is 4.79 Å². The lowest BCUT2D eigenvalue weighted by Gasteiger charge is -2.15. The lowest BCUT2D eigenvalue weighted by Crippen LogP contribution is -2.30. The second-order valence-corrected chi connectivity index (χ2v) is 6.18. The average molecular weight is 353 g/mol. The number of benzene rings is 2. The molecule has 134 valence electrons. The summed E-state index contributed by atoms with van der Waals surface area (Å²) in [5.74, 6) is -1.17. The highest BCUT2D eigenvalue weighted by atomic mass is 16.4. The lowest BCUT2D eigenvalue weighted by atomic mass is 10.0. The second kappa shape index (κ2) is 6.92. The standard InChI is InChI=1S/C20H19NO5/c1-11-14-8-9-16(22)18(24)19(14)26-20(25)15(11)10-17(23)21-12(2)13-6-4-3-5-7-13/h3-9,12,22,24H,10H2,1-2H3,(H,21,23)/t12-/m0/s1. The number of rotatable bonds is 4. The van der Waals surface area contributed by atoms with E-state index in [1.165, 1.54) is 12.1 Å². The molecule has 1 aromatic heterocycles. The normalized spacial score (nSPS) is 12.1. The maximum Gasteiger partial charge on any atom is 0.340 e. The largest absolute Gasteiger partial charge is 0.504 e. The molecular formula is C20H19NO5. The highest BCUT2D eigenvalue weighted by Gasteiger charge is 2.19. The topological polar surface area (TPSA) is 99.8 Å². The van der Waals surface area contributed by atoms with E-state index in [-0.39, 0.29) is 35.3 Å². The SMILES string of the molecule is Cc1c(CC(=O)N[C@@H](C)c2ccccc2)c(=O)oc2c(O)c(O)ccc12. The van der Waals surface area contributed by atoms with Crippen LogP contribution in [-0.4, -0.2) is 16.1 Å². The van der Waals surface area contributed by atoms with E-state index in [1.54, 1.807) is 6.92 Å². The Balaban J connectivity index is 1.88. The molecule has 0 aliphatic carbocycles. The minimum Gasteiger partial charge on any atom is -0.504 e. The third kappa shape index (κ3) is 3.26. The van der Waals surface area contributed by atoms with E-state index in [0.29, 0.717) is 10.9 Å². The number of carbonyl (C=O) groups excluding carboxylic acids is 1. The molecule has 2 aromatic carbocycles. The second-order valence-electron chi connectivity index (χ2n) is 6.18. The number of aryl methyl sites for hydroxylation is 1. The van der Waals surface area contributed by atoms with Crippen molar-refractivity contribution in [2.24, 2.45) is 0 Å². The first-order valence-corrected chi connectivity index (χ1v) is 8.20. The van der Waals surface area contributed by atoms with Crippen LogP contribution in [-0.2, 0) is 11.2 Å². The van der Waals surface area contributed by atoms with Crippen molar-refractivity contribution < 1.29 is 19.4 Å². The molecule has 1 amide bonds. The first-order valence-electron chi connectivity index (χ1n) is 8.20. The number of hydrogen-bond acceptors (Lipinski definition) is 5. The molecule has 6 nitrogen and oxygen atoms in total. The van der Waals surface area contributed by atoms with Crippen molar-refractivity contribution in [3.63, 3.8) is 0 Å². The molecule has 0 aliphatic rings. The number of amides is 1. The van der Waals surface area contributed by atoms with Gasteiger partial charge in [0.2, 0.25) is 11.7 Å². The molecule has 0 aliphatic heterocycles. The molecule has 0 spiro atoms. The Labute approximate surface area is 149 Å². The van der Waals surface area contributed by atoms with Gasteiger partial charge in [0.25, 0.3) is 0 Å². The van der Waals surface area contributed by atoms with Crippen LogP contribution in [0.15, 0.2) is 51.7 Å². The van der Waals surface area contributed by atoms with Gasteiger partial charge in [-0.25, -0.2) is 4.79 Å². The molecule has 0 saturated carbocycles. The van der Waals surface area contributed by atoms with Crippen molar-refractivity contribution in [1.82, 2.24) is 5.32 Å². The van der Waals surface area contributed by atoms with Crippen LogP contribution in [0.2, 0.25) is 0 Å². The first kappa shape index (κ1) is 17.5. The van der Waals surface area contributed by atoms with Gasteiger partial charge >= 0.3 is 5.63 Å². The van der Waals surface area contributed by atoms with Gasteiger partial charge in [-0.05, 0) is 37.1 Å². The fourth-order valence-electron chi connectivity index (χ4n) is 2.91. The van der Waals surface area contributed by atoms with Crippen molar-refractivity contribution in [3.8, 4) is 11.5 Å². The van der Waals surface area contributed by atoms with Crippen molar-refractivity contribution in [2.45, 2.75) is 26.3 Å². The monoisotopic (exact) mass is 353 g/mol.